The van der Waals surface area contributed by atoms with Crippen LogP contribution in [0.15, 0.2) is 12.2 Å². The minimum atomic E-state index is -0.145. The lowest BCUT2D eigenvalue weighted by Gasteiger charge is -2.39. The fourth-order valence-electron chi connectivity index (χ4n) is 1.87. The average Bonchev–Trinajstić information content (AvgIpc) is 1.94. The molecule has 1 saturated carbocycles. The second kappa shape index (κ2) is 3.21. The molecule has 0 heterocycles. The molecule has 70 valence electrons. The lowest BCUT2D eigenvalue weighted by atomic mass is 9.69. The van der Waals surface area contributed by atoms with Gasteiger partial charge in [-0.05, 0) is 37.5 Å². The molecule has 1 rings (SSSR count). The molecule has 0 aliphatic heterocycles. The number of rotatable bonds is 1. The van der Waals surface area contributed by atoms with Crippen molar-refractivity contribution in [2.45, 2.75) is 46.1 Å². The van der Waals surface area contributed by atoms with E-state index in [1.807, 2.05) is 0 Å². The van der Waals surface area contributed by atoms with Gasteiger partial charge in [-0.2, -0.15) is 0 Å². The third kappa shape index (κ3) is 1.89. The molecule has 0 aromatic rings. The van der Waals surface area contributed by atoms with E-state index in [1.165, 1.54) is 12.0 Å². The van der Waals surface area contributed by atoms with Gasteiger partial charge < -0.3 is 5.11 Å². The van der Waals surface area contributed by atoms with Gasteiger partial charge in [-0.3, -0.25) is 0 Å². The van der Waals surface area contributed by atoms with Crippen LogP contribution in [0.1, 0.15) is 40.0 Å². The first-order valence-corrected chi connectivity index (χ1v) is 4.77. The number of allylic oxidation sites excluding steroid dienone is 1. The Morgan fingerprint density at radius 2 is 2.08 bits per heavy atom. The zero-order chi connectivity index (χ0) is 9.35. The van der Waals surface area contributed by atoms with E-state index in [1.54, 1.807) is 0 Å². The van der Waals surface area contributed by atoms with Gasteiger partial charge in [0, 0.05) is 0 Å². The summed E-state index contributed by atoms with van der Waals surface area (Å²) in [6.07, 6.45) is 3.07. The summed E-state index contributed by atoms with van der Waals surface area (Å²) in [5.74, 6) is 0.549. The predicted molar refractivity (Wildman–Crippen MR) is 51.9 cm³/mol. The Labute approximate surface area is 75.5 Å². The largest absolute Gasteiger partial charge is 0.393 e. The second-order valence-electron chi connectivity index (χ2n) is 4.82. The average molecular weight is 168 g/mol. The summed E-state index contributed by atoms with van der Waals surface area (Å²) >= 11 is 0. The summed E-state index contributed by atoms with van der Waals surface area (Å²) in [5, 5.41) is 9.82. The van der Waals surface area contributed by atoms with Crippen LogP contribution in [0.5, 0.6) is 0 Å². The van der Waals surface area contributed by atoms with E-state index in [2.05, 4.69) is 27.4 Å². The molecule has 1 unspecified atom stereocenters. The molecule has 0 radical (unpaired) electrons. The van der Waals surface area contributed by atoms with Crippen molar-refractivity contribution in [3.8, 4) is 0 Å². The third-order valence-corrected chi connectivity index (χ3v) is 3.24. The van der Waals surface area contributed by atoms with Crippen molar-refractivity contribution >= 4 is 0 Å². The maximum Gasteiger partial charge on any atom is 0.0596 e. The highest BCUT2D eigenvalue weighted by molar-refractivity contribution is 5.01. The fourth-order valence-corrected chi connectivity index (χ4v) is 1.87. The molecule has 12 heavy (non-hydrogen) atoms. The van der Waals surface area contributed by atoms with E-state index in [4.69, 9.17) is 0 Å². The Kier molecular flexibility index (Phi) is 2.62. The summed E-state index contributed by atoms with van der Waals surface area (Å²) in [5.41, 5.74) is 1.34. The highest BCUT2D eigenvalue weighted by Gasteiger charge is 2.35. The van der Waals surface area contributed by atoms with E-state index in [0.717, 1.165) is 12.8 Å². The monoisotopic (exact) mass is 168 g/mol. The zero-order valence-corrected chi connectivity index (χ0v) is 8.43. The van der Waals surface area contributed by atoms with E-state index in [9.17, 15) is 5.11 Å². The van der Waals surface area contributed by atoms with Crippen LogP contribution in [0.3, 0.4) is 0 Å². The smallest absolute Gasteiger partial charge is 0.0596 e. The Hall–Kier alpha value is -0.300. The van der Waals surface area contributed by atoms with E-state index in [-0.39, 0.29) is 11.5 Å². The van der Waals surface area contributed by atoms with Gasteiger partial charge in [0.2, 0.25) is 0 Å². The predicted octanol–water partition coefficient (Wildman–Crippen LogP) is 2.75. The Bertz CT molecular complexity index is 181. The third-order valence-electron chi connectivity index (χ3n) is 3.24. The molecule has 0 spiro atoms. The SMILES string of the molecule is C=C(C)C1CCC(C)(C)[C@H](O)C1. The molecule has 1 heteroatoms. The van der Waals surface area contributed by atoms with Crippen molar-refractivity contribution in [1.29, 1.82) is 0 Å². The summed E-state index contributed by atoms with van der Waals surface area (Å²) in [6.45, 7) is 10.3. The quantitative estimate of drug-likeness (QED) is 0.597. The van der Waals surface area contributed by atoms with Gasteiger partial charge in [0.15, 0.2) is 0 Å². The first-order chi connectivity index (χ1) is 5.43. The van der Waals surface area contributed by atoms with Crippen LogP contribution in [0.2, 0.25) is 0 Å². The summed E-state index contributed by atoms with van der Waals surface area (Å²) in [7, 11) is 0. The van der Waals surface area contributed by atoms with E-state index in [0.29, 0.717) is 5.92 Å². The van der Waals surface area contributed by atoms with Gasteiger partial charge in [0.25, 0.3) is 0 Å². The molecular formula is C11H20O. The first-order valence-electron chi connectivity index (χ1n) is 4.77. The molecule has 1 nitrogen and oxygen atoms in total. The molecule has 0 amide bonds. The van der Waals surface area contributed by atoms with Crippen LogP contribution in [-0.2, 0) is 0 Å². The van der Waals surface area contributed by atoms with E-state index >= 15 is 0 Å². The molecular weight excluding hydrogens is 148 g/mol. The van der Waals surface area contributed by atoms with Gasteiger partial charge in [-0.1, -0.05) is 26.0 Å². The minimum Gasteiger partial charge on any atom is -0.393 e. The van der Waals surface area contributed by atoms with Crippen LogP contribution in [0.25, 0.3) is 0 Å². The van der Waals surface area contributed by atoms with Crippen LogP contribution >= 0.6 is 0 Å². The fraction of sp³-hybridized carbons (Fsp3) is 0.818. The lowest BCUT2D eigenvalue weighted by Crippen LogP contribution is -2.36. The minimum absolute atomic E-state index is 0.117. The molecule has 1 aliphatic carbocycles. The molecule has 1 fully saturated rings. The molecule has 0 bridgehead atoms. The van der Waals surface area contributed by atoms with Gasteiger partial charge in [0.1, 0.15) is 0 Å². The Morgan fingerprint density at radius 1 is 1.50 bits per heavy atom. The van der Waals surface area contributed by atoms with Crippen LogP contribution in [0, 0.1) is 11.3 Å². The lowest BCUT2D eigenvalue weighted by molar-refractivity contribution is -0.00156. The van der Waals surface area contributed by atoms with E-state index < -0.39 is 0 Å². The van der Waals surface area contributed by atoms with Gasteiger partial charge >= 0.3 is 0 Å². The number of aliphatic hydroxyl groups is 1. The standard InChI is InChI=1S/C11H20O/c1-8(2)9-5-6-11(3,4)10(12)7-9/h9-10,12H,1,5-7H2,2-4H3/t9?,10-/m1/s1. The van der Waals surface area contributed by atoms with Gasteiger partial charge in [0.05, 0.1) is 6.10 Å². The van der Waals surface area contributed by atoms with Gasteiger partial charge in [-0.15, -0.1) is 0 Å². The van der Waals surface area contributed by atoms with Crippen molar-refractivity contribution in [3.05, 3.63) is 12.2 Å². The van der Waals surface area contributed by atoms with Crippen LogP contribution in [0.4, 0.5) is 0 Å². The topological polar surface area (TPSA) is 20.2 Å². The number of aliphatic hydroxyl groups excluding tert-OH is 1. The molecule has 2 atom stereocenters. The summed E-state index contributed by atoms with van der Waals surface area (Å²) in [4.78, 5) is 0. The van der Waals surface area contributed by atoms with Crippen molar-refractivity contribution in [1.82, 2.24) is 0 Å². The highest BCUT2D eigenvalue weighted by Crippen LogP contribution is 2.40. The Morgan fingerprint density at radius 3 is 2.50 bits per heavy atom. The summed E-state index contributed by atoms with van der Waals surface area (Å²) < 4.78 is 0. The maximum atomic E-state index is 9.82. The second-order valence-corrected chi connectivity index (χ2v) is 4.82. The summed E-state index contributed by atoms with van der Waals surface area (Å²) in [6, 6.07) is 0. The maximum absolute atomic E-state index is 9.82. The molecule has 0 saturated heterocycles. The van der Waals surface area contributed by atoms with Crippen LogP contribution in [-0.4, -0.2) is 11.2 Å². The number of hydrogen-bond donors (Lipinski definition) is 1. The highest BCUT2D eigenvalue weighted by atomic mass is 16.3. The molecule has 1 aliphatic rings. The number of hydrogen-bond acceptors (Lipinski definition) is 1. The van der Waals surface area contributed by atoms with Crippen molar-refractivity contribution in [2.75, 3.05) is 0 Å². The van der Waals surface area contributed by atoms with Crippen molar-refractivity contribution in [3.63, 3.8) is 0 Å². The van der Waals surface area contributed by atoms with Crippen LogP contribution < -0.4 is 0 Å². The normalized spacial score (nSPS) is 34.7. The van der Waals surface area contributed by atoms with Gasteiger partial charge in [-0.25, -0.2) is 0 Å². The van der Waals surface area contributed by atoms with Crippen molar-refractivity contribution in [2.24, 2.45) is 11.3 Å². The molecule has 0 aromatic carbocycles. The Balaban J connectivity index is 2.58. The van der Waals surface area contributed by atoms with Crippen molar-refractivity contribution < 1.29 is 5.11 Å². The first kappa shape index (κ1) is 9.79. The zero-order valence-electron chi connectivity index (χ0n) is 8.43. The molecule has 1 N–H and O–H groups in total. The molecule has 0 aromatic heterocycles.